The third kappa shape index (κ3) is 2.97. The highest BCUT2D eigenvalue weighted by atomic mass is 15.3. The van der Waals surface area contributed by atoms with Crippen LogP contribution < -0.4 is 5.32 Å². The summed E-state index contributed by atoms with van der Waals surface area (Å²) < 4.78 is 1.94. The molecular weight excluding hydrogens is 276 g/mol. The predicted octanol–water partition coefficient (Wildman–Crippen LogP) is 2.29. The van der Waals surface area contributed by atoms with Crippen LogP contribution in [-0.4, -0.2) is 38.2 Å². The lowest BCUT2D eigenvalue weighted by molar-refractivity contribution is 0.137. The third-order valence-electron chi connectivity index (χ3n) is 4.57. The van der Waals surface area contributed by atoms with Gasteiger partial charge in [-0.05, 0) is 32.4 Å². The van der Waals surface area contributed by atoms with Crippen LogP contribution in [0.1, 0.15) is 42.3 Å². The normalized spacial score (nSPS) is 19.3. The molecule has 0 saturated carbocycles. The van der Waals surface area contributed by atoms with Crippen molar-refractivity contribution in [2.75, 3.05) is 18.9 Å². The van der Waals surface area contributed by atoms with E-state index in [1.54, 1.807) is 0 Å². The first kappa shape index (κ1) is 15.0. The van der Waals surface area contributed by atoms with Gasteiger partial charge in [0.2, 0.25) is 5.95 Å². The van der Waals surface area contributed by atoms with Gasteiger partial charge in [-0.1, -0.05) is 6.42 Å². The van der Waals surface area contributed by atoms with Crippen molar-refractivity contribution in [3.63, 3.8) is 0 Å². The van der Waals surface area contributed by atoms with Crippen molar-refractivity contribution >= 4 is 5.95 Å². The van der Waals surface area contributed by atoms with Crippen LogP contribution in [0.25, 0.3) is 0 Å². The molecule has 118 valence electrons. The van der Waals surface area contributed by atoms with E-state index in [9.17, 15) is 0 Å². The van der Waals surface area contributed by atoms with Gasteiger partial charge in [0.15, 0.2) is 0 Å². The number of piperidine rings is 1. The maximum absolute atomic E-state index is 4.65. The first-order valence-corrected chi connectivity index (χ1v) is 7.91. The molecule has 0 radical (unpaired) electrons. The molecule has 1 N–H and O–H groups in total. The monoisotopic (exact) mass is 300 g/mol. The molecule has 1 fully saturated rings. The molecule has 0 bridgehead atoms. The summed E-state index contributed by atoms with van der Waals surface area (Å²) in [5, 5.41) is 7.39. The summed E-state index contributed by atoms with van der Waals surface area (Å²) in [6, 6.07) is 2.41. The van der Waals surface area contributed by atoms with Crippen LogP contribution in [0, 0.1) is 6.92 Å². The number of aromatic nitrogens is 4. The van der Waals surface area contributed by atoms with Crippen molar-refractivity contribution in [2.45, 2.75) is 38.8 Å². The van der Waals surface area contributed by atoms with Gasteiger partial charge in [0, 0.05) is 38.1 Å². The van der Waals surface area contributed by atoms with E-state index in [2.05, 4.69) is 32.2 Å². The van der Waals surface area contributed by atoms with E-state index in [4.69, 9.17) is 0 Å². The number of hydrogen-bond donors (Lipinski definition) is 1. The molecule has 6 nitrogen and oxygen atoms in total. The Hall–Kier alpha value is -1.95. The molecule has 6 heteroatoms. The second kappa shape index (κ2) is 6.44. The predicted molar refractivity (Wildman–Crippen MR) is 86.5 cm³/mol. The minimum Gasteiger partial charge on any atom is -0.357 e. The number of rotatable bonds is 4. The second-order valence-electron chi connectivity index (χ2n) is 5.92. The van der Waals surface area contributed by atoms with Crippen LogP contribution in [-0.2, 0) is 13.6 Å². The Morgan fingerprint density at radius 1 is 1.36 bits per heavy atom. The average molecular weight is 300 g/mol. The molecule has 1 aliphatic heterocycles. The SMILES string of the molecule is CNc1nccc(C2CCCCN2Cc2cnn(C)c2C)n1. The Kier molecular flexibility index (Phi) is 4.38. The molecule has 0 aromatic carbocycles. The Morgan fingerprint density at radius 2 is 2.23 bits per heavy atom. The molecule has 1 atom stereocenters. The van der Waals surface area contributed by atoms with Crippen LogP contribution in [0.15, 0.2) is 18.5 Å². The number of aryl methyl sites for hydroxylation is 1. The highest BCUT2D eigenvalue weighted by Gasteiger charge is 2.26. The molecule has 3 heterocycles. The minimum atomic E-state index is 0.364. The van der Waals surface area contributed by atoms with Gasteiger partial charge in [0.25, 0.3) is 0 Å². The molecule has 2 aromatic rings. The largest absolute Gasteiger partial charge is 0.357 e. The Bertz CT molecular complexity index is 635. The van der Waals surface area contributed by atoms with Crippen molar-refractivity contribution in [2.24, 2.45) is 7.05 Å². The molecule has 1 unspecified atom stereocenters. The zero-order valence-corrected chi connectivity index (χ0v) is 13.6. The van der Waals surface area contributed by atoms with Gasteiger partial charge in [0.05, 0.1) is 17.9 Å². The van der Waals surface area contributed by atoms with E-state index in [1.165, 1.54) is 24.1 Å². The molecule has 0 aliphatic carbocycles. The summed E-state index contributed by atoms with van der Waals surface area (Å²) in [7, 11) is 3.85. The van der Waals surface area contributed by atoms with Crippen LogP contribution in [0.2, 0.25) is 0 Å². The Morgan fingerprint density at radius 3 is 2.95 bits per heavy atom. The molecule has 22 heavy (non-hydrogen) atoms. The summed E-state index contributed by atoms with van der Waals surface area (Å²) in [5.41, 5.74) is 3.65. The lowest BCUT2D eigenvalue weighted by Crippen LogP contribution is -2.33. The second-order valence-corrected chi connectivity index (χ2v) is 5.92. The van der Waals surface area contributed by atoms with E-state index in [0.29, 0.717) is 12.0 Å². The van der Waals surface area contributed by atoms with Crippen molar-refractivity contribution in [3.8, 4) is 0 Å². The summed E-state index contributed by atoms with van der Waals surface area (Å²) in [6.45, 7) is 4.17. The van der Waals surface area contributed by atoms with Crippen molar-refractivity contribution < 1.29 is 0 Å². The third-order valence-corrected chi connectivity index (χ3v) is 4.57. The minimum absolute atomic E-state index is 0.364. The number of nitrogens with zero attached hydrogens (tertiary/aromatic N) is 5. The summed E-state index contributed by atoms with van der Waals surface area (Å²) in [6.07, 6.45) is 7.49. The molecule has 0 spiro atoms. The maximum Gasteiger partial charge on any atom is 0.222 e. The topological polar surface area (TPSA) is 58.9 Å². The number of likely N-dealkylation sites (tertiary alicyclic amines) is 1. The van der Waals surface area contributed by atoms with Crippen molar-refractivity contribution in [1.29, 1.82) is 0 Å². The molecule has 0 amide bonds. The van der Waals surface area contributed by atoms with E-state index >= 15 is 0 Å². The number of nitrogens with one attached hydrogen (secondary N) is 1. The van der Waals surface area contributed by atoms with Gasteiger partial charge >= 0.3 is 0 Å². The first-order chi connectivity index (χ1) is 10.7. The summed E-state index contributed by atoms with van der Waals surface area (Å²) >= 11 is 0. The smallest absolute Gasteiger partial charge is 0.222 e. The molecular formula is C16H24N6. The van der Waals surface area contributed by atoms with E-state index in [0.717, 1.165) is 25.2 Å². The van der Waals surface area contributed by atoms with Gasteiger partial charge in [0.1, 0.15) is 0 Å². The summed E-state index contributed by atoms with van der Waals surface area (Å²) in [5.74, 6) is 0.695. The molecule has 1 saturated heterocycles. The molecule has 3 rings (SSSR count). The van der Waals surface area contributed by atoms with Crippen LogP contribution in [0.3, 0.4) is 0 Å². The van der Waals surface area contributed by atoms with Crippen LogP contribution in [0.4, 0.5) is 5.95 Å². The standard InChI is InChI=1S/C16H24N6/c1-12-13(10-19-21(12)3)11-22-9-5-4-6-15(22)14-7-8-18-16(17-2)20-14/h7-8,10,15H,4-6,9,11H2,1-3H3,(H,17,18,20). The van der Waals surface area contributed by atoms with E-state index in [1.807, 2.05) is 37.2 Å². The van der Waals surface area contributed by atoms with E-state index < -0.39 is 0 Å². The van der Waals surface area contributed by atoms with Crippen molar-refractivity contribution in [3.05, 3.63) is 35.4 Å². The zero-order chi connectivity index (χ0) is 15.5. The maximum atomic E-state index is 4.65. The fourth-order valence-electron chi connectivity index (χ4n) is 3.11. The average Bonchev–Trinajstić information content (AvgIpc) is 2.87. The van der Waals surface area contributed by atoms with Crippen molar-refractivity contribution in [1.82, 2.24) is 24.6 Å². The first-order valence-electron chi connectivity index (χ1n) is 7.91. The van der Waals surface area contributed by atoms with Gasteiger partial charge in [-0.3, -0.25) is 9.58 Å². The fourth-order valence-corrected chi connectivity index (χ4v) is 3.11. The van der Waals surface area contributed by atoms with Gasteiger partial charge in [-0.2, -0.15) is 5.10 Å². The van der Waals surface area contributed by atoms with Crippen LogP contribution >= 0.6 is 0 Å². The summed E-state index contributed by atoms with van der Waals surface area (Å²) in [4.78, 5) is 11.4. The number of hydrogen-bond acceptors (Lipinski definition) is 5. The fraction of sp³-hybridized carbons (Fsp3) is 0.562. The number of anilines is 1. The van der Waals surface area contributed by atoms with Gasteiger partial charge in [-0.25, -0.2) is 9.97 Å². The van der Waals surface area contributed by atoms with Crippen LogP contribution in [0.5, 0.6) is 0 Å². The highest BCUT2D eigenvalue weighted by molar-refractivity contribution is 5.25. The quantitative estimate of drug-likeness (QED) is 0.939. The lowest BCUT2D eigenvalue weighted by Gasteiger charge is -2.35. The zero-order valence-electron chi connectivity index (χ0n) is 13.6. The van der Waals surface area contributed by atoms with Gasteiger partial charge in [-0.15, -0.1) is 0 Å². The highest BCUT2D eigenvalue weighted by Crippen LogP contribution is 2.31. The Balaban J connectivity index is 1.83. The molecule has 1 aliphatic rings. The molecule has 2 aromatic heterocycles. The Labute approximate surface area is 131 Å². The van der Waals surface area contributed by atoms with E-state index in [-0.39, 0.29) is 0 Å². The van der Waals surface area contributed by atoms with Gasteiger partial charge < -0.3 is 5.32 Å². The lowest BCUT2D eigenvalue weighted by atomic mass is 9.98.